The van der Waals surface area contributed by atoms with E-state index in [9.17, 15) is 22.0 Å². The standard InChI is InChI=1S/C18H18F2N2O3S/c1-21(2)26(24,25)15-5-3-12-7-8-22(11-14(12)9-15)18(23)13-4-6-16(19)17(20)10-13/h3-6,9-10H,7-8,11H2,1-2H3. The monoisotopic (exact) mass is 380 g/mol. The molecule has 1 aliphatic heterocycles. The van der Waals surface area contributed by atoms with Gasteiger partial charge in [-0.2, -0.15) is 0 Å². The van der Waals surface area contributed by atoms with Gasteiger partial charge in [0.15, 0.2) is 11.6 Å². The number of hydrogen-bond donors (Lipinski definition) is 0. The molecule has 1 amide bonds. The minimum Gasteiger partial charge on any atom is -0.334 e. The Morgan fingerprint density at radius 2 is 1.77 bits per heavy atom. The van der Waals surface area contributed by atoms with Gasteiger partial charge in [0.1, 0.15) is 0 Å². The normalized spacial score (nSPS) is 14.4. The second-order valence-electron chi connectivity index (χ2n) is 6.32. The van der Waals surface area contributed by atoms with Gasteiger partial charge in [-0.15, -0.1) is 0 Å². The zero-order chi connectivity index (χ0) is 19.1. The Balaban J connectivity index is 1.88. The molecule has 138 valence electrons. The van der Waals surface area contributed by atoms with Gasteiger partial charge in [-0.05, 0) is 47.9 Å². The van der Waals surface area contributed by atoms with E-state index in [4.69, 9.17) is 0 Å². The molecule has 0 N–H and O–H groups in total. The van der Waals surface area contributed by atoms with E-state index in [0.29, 0.717) is 13.0 Å². The van der Waals surface area contributed by atoms with Crippen molar-refractivity contribution in [2.45, 2.75) is 17.9 Å². The molecule has 2 aromatic rings. The molecule has 0 aliphatic carbocycles. The van der Waals surface area contributed by atoms with E-state index in [1.807, 2.05) is 0 Å². The molecule has 0 aromatic heterocycles. The van der Waals surface area contributed by atoms with Crippen LogP contribution in [0.25, 0.3) is 0 Å². The van der Waals surface area contributed by atoms with Crippen LogP contribution in [0, 0.1) is 11.6 Å². The molecule has 5 nitrogen and oxygen atoms in total. The number of benzene rings is 2. The molecule has 2 aromatic carbocycles. The van der Waals surface area contributed by atoms with Crippen LogP contribution < -0.4 is 0 Å². The number of halogens is 2. The second-order valence-corrected chi connectivity index (χ2v) is 8.48. The van der Waals surface area contributed by atoms with Gasteiger partial charge in [0.25, 0.3) is 5.91 Å². The van der Waals surface area contributed by atoms with Gasteiger partial charge in [-0.25, -0.2) is 21.5 Å². The predicted octanol–water partition coefficient (Wildman–Crippen LogP) is 2.41. The Hall–Kier alpha value is -2.32. The highest BCUT2D eigenvalue weighted by Crippen LogP contribution is 2.25. The Morgan fingerprint density at radius 3 is 2.42 bits per heavy atom. The first kappa shape index (κ1) is 18.5. The van der Waals surface area contributed by atoms with Crippen LogP contribution in [0.2, 0.25) is 0 Å². The number of carbonyl (C=O) groups is 1. The average Bonchev–Trinajstić information content (AvgIpc) is 2.62. The first-order valence-electron chi connectivity index (χ1n) is 7.99. The molecule has 0 saturated heterocycles. The summed E-state index contributed by atoms with van der Waals surface area (Å²) in [5, 5.41) is 0. The summed E-state index contributed by atoms with van der Waals surface area (Å²) in [5.74, 6) is -2.51. The quantitative estimate of drug-likeness (QED) is 0.822. The van der Waals surface area contributed by atoms with Crippen LogP contribution in [0.3, 0.4) is 0 Å². The summed E-state index contributed by atoms with van der Waals surface area (Å²) >= 11 is 0. The highest BCUT2D eigenvalue weighted by molar-refractivity contribution is 7.89. The van der Waals surface area contributed by atoms with Crippen molar-refractivity contribution in [3.8, 4) is 0 Å². The number of amides is 1. The van der Waals surface area contributed by atoms with Crippen molar-refractivity contribution in [2.24, 2.45) is 0 Å². The summed E-state index contributed by atoms with van der Waals surface area (Å²) < 4.78 is 52.2. The minimum absolute atomic E-state index is 0.0596. The fraction of sp³-hybridized carbons (Fsp3) is 0.278. The van der Waals surface area contributed by atoms with Crippen LogP contribution in [0.1, 0.15) is 21.5 Å². The van der Waals surface area contributed by atoms with Gasteiger partial charge in [-0.1, -0.05) is 6.07 Å². The molecule has 26 heavy (non-hydrogen) atoms. The number of fused-ring (bicyclic) bond motifs is 1. The van der Waals surface area contributed by atoms with E-state index >= 15 is 0 Å². The summed E-state index contributed by atoms with van der Waals surface area (Å²) in [7, 11) is -0.668. The number of hydrogen-bond acceptors (Lipinski definition) is 3. The maximum Gasteiger partial charge on any atom is 0.254 e. The lowest BCUT2D eigenvalue weighted by molar-refractivity contribution is 0.0734. The van der Waals surface area contributed by atoms with Gasteiger partial charge >= 0.3 is 0 Å². The number of nitrogens with zero attached hydrogens (tertiary/aromatic N) is 2. The third-order valence-corrected chi connectivity index (χ3v) is 6.23. The molecular weight excluding hydrogens is 362 g/mol. The SMILES string of the molecule is CN(C)S(=O)(=O)c1ccc2c(c1)CN(C(=O)c1ccc(F)c(F)c1)CC2. The fourth-order valence-electron chi connectivity index (χ4n) is 2.89. The number of carbonyl (C=O) groups excluding carboxylic acids is 1. The topological polar surface area (TPSA) is 57.7 Å². The Kier molecular flexibility index (Phi) is 4.81. The lowest BCUT2D eigenvalue weighted by Gasteiger charge is -2.29. The van der Waals surface area contributed by atoms with E-state index in [2.05, 4.69) is 0 Å². The smallest absolute Gasteiger partial charge is 0.254 e. The number of sulfonamides is 1. The van der Waals surface area contributed by atoms with Crippen molar-refractivity contribution >= 4 is 15.9 Å². The van der Waals surface area contributed by atoms with E-state index < -0.39 is 27.6 Å². The molecule has 0 spiro atoms. The van der Waals surface area contributed by atoms with Gasteiger partial charge in [0.05, 0.1) is 4.90 Å². The first-order valence-corrected chi connectivity index (χ1v) is 9.43. The average molecular weight is 380 g/mol. The van der Waals surface area contributed by atoms with Crippen molar-refractivity contribution in [2.75, 3.05) is 20.6 Å². The molecule has 0 saturated carbocycles. The van der Waals surface area contributed by atoms with Crippen LogP contribution in [-0.4, -0.2) is 44.2 Å². The zero-order valence-electron chi connectivity index (χ0n) is 14.4. The Morgan fingerprint density at radius 1 is 1.04 bits per heavy atom. The molecule has 0 fully saturated rings. The lowest BCUT2D eigenvalue weighted by Crippen LogP contribution is -2.36. The van der Waals surface area contributed by atoms with Crippen LogP contribution in [0.5, 0.6) is 0 Å². The zero-order valence-corrected chi connectivity index (χ0v) is 15.2. The van der Waals surface area contributed by atoms with Gasteiger partial charge in [0.2, 0.25) is 10.0 Å². The van der Waals surface area contributed by atoms with Crippen molar-refractivity contribution in [3.05, 3.63) is 64.7 Å². The Bertz CT molecular complexity index is 974. The summed E-state index contributed by atoms with van der Waals surface area (Å²) in [5.41, 5.74) is 1.76. The summed E-state index contributed by atoms with van der Waals surface area (Å²) in [4.78, 5) is 14.2. The van der Waals surface area contributed by atoms with E-state index in [-0.39, 0.29) is 17.0 Å². The highest BCUT2D eigenvalue weighted by atomic mass is 32.2. The molecule has 1 aliphatic rings. The van der Waals surface area contributed by atoms with Crippen molar-refractivity contribution in [1.82, 2.24) is 9.21 Å². The molecule has 3 rings (SSSR count). The van der Waals surface area contributed by atoms with Gasteiger partial charge in [-0.3, -0.25) is 4.79 Å². The maximum atomic E-state index is 13.4. The van der Waals surface area contributed by atoms with Gasteiger partial charge < -0.3 is 4.90 Å². The van der Waals surface area contributed by atoms with Crippen LogP contribution in [0.15, 0.2) is 41.3 Å². The summed E-state index contributed by atoms with van der Waals surface area (Å²) in [6.07, 6.45) is 0.563. The predicted molar refractivity (Wildman–Crippen MR) is 92.1 cm³/mol. The Labute approximate surface area is 150 Å². The van der Waals surface area contributed by atoms with Crippen molar-refractivity contribution in [1.29, 1.82) is 0 Å². The van der Waals surface area contributed by atoms with Crippen LogP contribution in [-0.2, 0) is 23.0 Å². The van der Waals surface area contributed by atoms with E-state index in [0.717, 1.165) is 27.6 Å². The highest BCUT2D eigenvalue weighted by Gasteiger charge is 2.25. The van der Waals surface area contributed by atoms with Crippen LogP contribution in [0.4, 0.5) is 8.78 Å². The van der Waals surface area contributed by atoms with Crippen molar-refractivity contribution < 1.29 is 22.0 Å². The summed E-state index contributed by atoms with van der Waals surface area (Å²) in [6, 6.07) is 7.91. The second kappa shape index (κ2) is 6.77. The third-order valence-electron chi connectivity index (χ3n) is 4.42. The third kappa shape index (κ3) is 3.34. The van der Waals surface area contributed by atoms with Gasteiger partial charge in [0, 0.05) is 32.7 Å². The summed E-state index contributed by atoms with van der Waals surface area (Å²) in [6.45, 7) is 0.633. The maximum absolute atomic E-state index is 13.4. The lowest BCUT2D eigenvalue weighted by atomic mass is 9.99. The first-order chi connectivity index (χ1) is 12.2. The molecule has 0 bridgehead atoms. The largest absolute Gasteiger partial charge is 0.334 e. The van der Waals surface area contributed by atoms with E-state index in [1.165, 1.54) is 25.1 Å². The van der Waals surface area contributed by atoms with E-state index in [1.54, 1.807) is 18.2 Å². The van der Waals surface area contributed by atoms with Crippen molar-refractivity contribution in [3.63, 3.8) is 0 Å². The minimum atomic E-state index is -3.57. The van der Waals surface area contributed by atoms with Crippen LogP contribution >= 0.6 is 0 Å². The molecule has 1 heterocycles. The fourth-order valence-corrected chi connectivity index (χ4v) is 3.84. The molecule has 0 radical (unpaired) electrons. The molecule has 0 unspecified atom stereocenters. The molecule has 0 atom stereocenters. The molecule has 8 heteroatoms. The molecular formula is C18H18F2N2O3S. The number of rotatable bonds is 3.